The molecule has 1 fully saturated rings. The lowest BCUT2D eigenvalue weighted by atomic mass is 9.90. The Kier molecular flexibility index (Phi) is 6.45. The molecule has 1 rings (SSSR count). The SMILES string of the molecule is CS[C@H]1O[C@H]([C@H](N)[C@H](C)CI)[C@H](O)[C@H](O)[C@H]1O. The Morgan fingerprint density at radius 3 is 2.35 bits per heavy atom. The summed E-state index contributed by atoms with van der Waals surface area (Å²) in [5.41, 5.74) is 5.48. The minimum absolute atomic E-state index is 0.167. The molecule has 1 saturated heterocycles. The standard InChI is InChI=1S/C10H20INO4S/c1-4(3-11)5(12)9-7(14)6(13)8(15)10(16-9)17-2/h4-10,13-15H,3,12H2,1-2H3/t4-,5-,6+,7-,8-,9-,10-/m1/s1. The highest BCUT2D eigenvalue weighted by molar-refractivity contribution is 14.1. The van der Waals surface area contributed by atoms with E-state index in [1.165, 1.54) is 11.8 Å². The van der Waals surface area contributed by atoms with Crippen molar-refractivity contribution in [2.75, 3.05) is 10.7 Å². The molecule has 0 bridgehead atoms. The Bertz CT molecular complexity index is 242. The molecule has 1 aliphatic heterocycles. The molecule has 17 heavy (non-hydrogen) atoms. The van der Waals surface area contributed by atoms with Gasteiger partial charge in [-0.3, -0.25) is 0 Å². The van der Waals surface area contributed by atoms with E-state index in [4.69, 9.17) is 10.5 Å². The molecule has 7 heteroatoms. The van der Waals surface area contributed by atoms with Crippen molar-refractivity contribution in [1.82, 2.24) is 0 Å². The topological polar surface area (TPSA) is 95.9 Å². The van der Waals surface area contributed by atoms with Gasteiger partial charge < -0.3 is 25.8 Å². The molecule has 0 aliphatic carbocycles. The Morgan fingerprint density at radius 2 is 1.88 bits per heavy atom. The van der Waals surface area contributed by atoms with E-state index in [0.717, 1.165) is 4.43 Å². The first-order chi connectivity index (χ1) is 7.93. The van der Waals surface area contributed by atoms with Crippen molar-refractivity contribution >= 4 is 34.4 Å². The quantitative estimate of drug-likeness (QED) is 0.392. The van der Waals surface area contributed by atoms with Gasteiger partial charge in [0.05, 0.1) is 0 Å². The van der Waals surface area contributed by atoms with Crippen LogP contribution in [-0.2, 0) is 4.74 Å². The van der Waals surface area contributed by atoms with E-state index in [2.05, 4.69) is 22.6 Å². The van der Waals surface area contributed by atoms with Crippen LogP contribution in [0.4, 0.5) is 0 Å². The number of rotatable bonds is 4. The maximum absolute atomic E-state index is 9.91. The van der Waals surface area contributed by atoms with E-state index in [-0.39, 0.29) is 12.0 Å². The predicted octanol–water partition coefficient (Wildman–Crippen LogP) is -0.445. The number of alkyl halides is 1. The Labute approximate surface area is 119 Å². The molecule has 0 radical (unpaired) electrons. The molecule has 0 aromatic carbocycles. The normalized spacial score (nSPS) is 42.2. The van der Waals surface area contributed by atoms with Gasteiger partial charge in [0.25, 0.3) is 0 Å². The lowest BCUT2D eigenvalue weighted by Gasteiger charge is -2.43. The van der Waals surface area contributed by atoms with Crippen LogP contribution in [0.1, 0.15) is 6.92 Å². The zero-order chi connectivity index (χ0) is 13.2. The van der Waals surface area contributed by atoms with E-state index in [1.54, 1.807) is 6.26 Å². The Morgan fingerprint density at radius 1 is 1.29 bits per heavy atom. The van der Waals surface area contributed by atoms with Crippen LogP contribution < -0.4 is 5.73 Å². The van der Waals surface area contributed by atoms with Gasteiger partial charge in [-0.1, -0.05) is 29.5 Å². The summed E-state index contributed by atoms with van der Waals surface area (Å²) in [5.74, 6) is 0.167. The zero-order valence-electron chi connectivity index (χ0n) is 9.86. The summed E-state index contributed by atoms with van der Waals surface area (Å²) in [7, 11) is 0. The number of aliphatic hydroxyl groups excluding tert-OH is 3. The van der Waals surface area contributed by atoms with E-state index >= 15 is 0 Å². The largest absolute Gasteiger partial charge is 0.388 e. The van der Waals surface area contributed by atoms with Crippen LogP contribution in [0.3, 0.4) is 0 Å². The number of aliphatic hydroxyl groups is 3. The summed E-state index contributed by atoms with van der Waals surface area (Å²) in [5, 5.41) is 29.4. The molecule has 7 atom stereocenters. The van der Waals surface area contributed by atoms with Crippen LogP contribution in [0.2, 0.25) is 0 Å². The lowest BCUT2D eigenvalue weighted by Crippen LogP contribution is -2.62. The molecule has 0 aromatic rings. The first-order valence-corrected chi connectivity index (χ1v) is 8.29. The third-order valence-corrected chi connectivity index (χ3v) is 5.36. The van der Waals surface area contributed by atoms with Crippen molar-refractivity contribution in [3.63, 3.8) is 0 Å². The van der Waals surface area contributed by atoms with Crippen LogP contribution >= 0.6 is 34.4 Å². The first kappa shape index (κ1) is 15.9. The van der Waals surface area contributed by atoms with Crippen LogP contribution in [0.25, 0.3) is 0 Å². The molecule has 5 nitrogen and oxygen atoms in total. The minimum Gasteiger partial charge on any atom is -0.388 e. The first-order valence-electron chi connectivity index (χ1n) is 5.48. The molecule has 0 spiro atoms. The van der Waals surface area contributed by atoms with E-state index in [9.17, 15) is 15.3 Å². The van der Waals surface area contributed by atoms with Gasteiger partial charge in [0.15, 0.2) is 0 Å². The second kappa shape index (κ2) is 6.88. The maximum Gasteiger partial charge on any atom is 0.132 e. The highest BCUT2D eigenvalue weighted by atomic mass is 127. The van der Waals surface area contributed by atoms with Crippen molar-refractivity contribution in [1.29, 1.82) is 0 Å². The summed E-state index contributed by atoms with van der Waals surface area (Å²) in [6, 6.07) is -0.362. The molecule has 102 valence electrons. The van der Waals surface area contributed by atoms with E-state index < -0.39 is 29.9 Å². The molecule has 1 heterocycles. The van der Waals surface area contributed by atoms with Crippen molar-refractivity contribution in [2.45, 2.75) is 42.8 Å². The summed E-state index contributed by atoms with van der Waals surface area (Å²) < 4.78 is 6.43. The smallest absolute Gasteiger partial charge is 0.132 e. The van der Waals surface area contributed by atoms with Gasteiger partial charge in [0, 0.05) is 10.5 Å². The fourth-order valence-corrected chi connectivity index (χ4v) is 3.08. The third kappa shape index (κ3) is 3.46. The molecule has 0 unspecified atom stereocenters. The summed E-state index contributed by atoms with van der Waals surface area (Å²) in [6.07, 6.45) is -2.30. The molecule has 0 amide bonds. The number of nitrogens with two attached hydrogens (primary N) is 1. The maximum atomic E-state index is 9.91. The van der Waals surface area contributed by atoms with Gasteiger partial charge in [-0.15, -0.1) is 11.8 Å². The van der Waals surface area contributed by atoms with Gasteiger partial charge in [-0.05, 0) is 12.2 Å². The van der Waals surface area contributed by atoms with Gasteiger partial charge in [0.1, 0.15) is 29.9 Å². The predicted molar refractivity (Wildman–Crippen MR) is 76.2 cm³/mol. The number of ether oxygens (including phenoxy) is 1. The van der Waals surface area contributed by atoms with Gasteiger partial charge in [-0.25, -0.2) is 0 Å². The Balaban J connectivity index is 2.78. The fraction of sp³-hybridized carbons (Fsp3) is 1.00. The molecular weight excluding hydrogens is 357 g/mol. The lowest BCUT2D eigenvalue weighted by molar-refractivity contribution is -0.204. The second-order valence-electron chi connectivity index (χ2n) is 4.39. The fourth-order valence-electron chi connectivity index (χ4n) is 1.81. The zero-order valence-corrected chi connectivity index (χ0v) is 12.8. The van der Waals surface area contributed by atoms with E-state index in [1.807, 2.05) is 6.92 Å². The molecule has 0 saturated carbocycles. The van der Waals surface area contributed by atoms with Gasteiger partial charge in [0.2, 0.25) is 0 Å². The molecule has 5 N–H and O–H groups in total. The number of halogens is 1. The Hall–Kier alpha value is 0.880. The highest BCUT2D eigenvalue weighted by Gasteiger charge is 2.46. The average molecular weight is 377 g/mol. The van der Waals surface area contributed by atoms with Crippen molar-refractivity contribution in [2.24, 2.45) is 11.7 Å². The van der Waals surface area contributed by atoms with Gasteiger partial charge >= 0.3 is 0 Å². The highest BCUT2D eigenvalue weighted by Crippen LogP contribution is 2.29. The molecular formula is C10H20INO4S. The van der Waals surface area contributed by atoms with Crippen molar-refractivity contribution in [3.8, 4) is 0 Å². The average Bonchev–Trinajstić information content (AvgIpc) is 2.34. The summed E-state index contributed by atoms with van der Waals surface area (Å²) in [4.78, 5) is 0. The number of hydrogen-bond acceptors (Lipinski definition) is 6. The van der Waals surface area contributed by atoms with E-state index in [0.29, 0.717) is 0 Å². The monoisotopic (exact) mass is 377 g/mol. The summed E-state index contributed by atoms with van der Waals surface area (Å²) >= 11 is 3.52. The van der Waals surface area contributed by atoms with Crippen LogP contribution in [0.15, 0.2) is 0 Å². The number of thioether (sulfide) groups is 1. The van der Waals surface area contributed by atoms with Crippen LogP contribution in [0.5, 0.6) is 0 Å². The second-order valence-corrected chi connectivity index (χ2v) is 6.20. The van der Waals surface area contributed by atoms with Crippen molar-refractivity contribution in [3.05, 3.63) is 0 Å². The van der Waals surface area contributed by atoms with Gasteiger partial charge in [-0.2, -0.15) is 0 Å². The summed E-state index contributed by atoms with van der Waals surface area (Å²) in [6.45, 7) is 1.97. The minimum atomic E-state index is -1.21. The molecule has 1 aliphatic rings. The van der Waals surface area contributed by atoms with Crippen molar-refractivity contribution < 1.29 is 20.1 Å². The molecule has 0 aromatic heterocycles. The van der Waals surface area contributed by atoms with Crippen LogP contribution in [0, 0.1) is 5.92 Å². The van der Waals surface area contributed by atoms with Crippen LogP contribution in [-0.4, -0.2) is 61.9 Å². The number of hydrogen-bond donors (Lipinski definition) is 4. The third-order valence-electron chi connectivity index (χ3n) is 3.12.